The maximum atomic E-state index is 14.0. The molecule has 0 bridgehead atoms. The molecule has 0 aliphatic heterocycles. The van der Waals surface area contributed by atoms with Crippen LogP contribution in [0.5, 0.6) is 0 Å². The van der Waals surface area contributed by atoms with Crippen LogP contribution in [0.2, 0.25) is 10.0 Å². The summed E-state index contributed by atoms with van der Waals surface area (Å²) in [4.78, 5) is 29.5. The number of hydrogen-bond acceptors (Lipinski definition) is 4. The Balaban J connectivity index is 1.59. The second kappa shape index (κ2) is 15.1. The lowest BCUT2D eigenvalue weighted by Crippen LogP contribution is -2.52. The van der Waals surface area contributed by atoms with E-state index in [-0.39, 0.29) is 54.5 Å². The third-order valence-corrected chi connectivity index (χ3v) is 9.51. The van der Waals surface area contributed by atoms with Gasteiger partial charge in [0.25, 0.3) is 0 Å². The topological polar surface area (TPSA) is 86.8 Å². The number of rotatable bonds is 13. The molecule has 1 atom stereocenters. The molecular weight excluding hydrogens is 605 g/mol. The fourth-order valence-electron chi connectivity index (χ4n) is 5.47. The Morgan fingerprint density at radius 1 is 0.953 bits per heavy atom. The summed E-state index contributed by atoms with van der Waals surface area (Å²) in [5, 5.41) is 3.81. The molecule has 1 aliphatic rings. The zero-order valence-electron chi connectivity index (χ0n) is 24.6. The highest BCUT2D eigenvalue weighted by Gasteiger charge is 2.32. The van der Waals surface area contributed by atoms with Crippen molar-refractivity contribution in [1.82, 2.24) is 10.2 Å². The largest absolute Gasteiger partial charge is 0.352 e. The average molecular weight is 645 g/mol. The molecule has 0 spiro atoms. The number of anilines is 1. The molecule has 1 saturated carbocycles. The number of aryl methyl sites for hydroxylation is 1. The zero-order chi connectivity index (χ0) is 31.0. The molecule has 3 aromatic carbocycles. The van der Waals surface area contributed by atoms with Gasteiger partial charge in [-0.2, -0.15) is 0 Å². The van der Waals surface area contributed by atoms with Gasteiger partial charge in [-0.25, -0.2) is 8.42 Å². The molecule has 4 rings (SSSR count). The number of amides is 2. The predicted octanol–water partition coefficient (Wildman–Crippen LogP) is 6.55. The zero-order valence-corrected chi connectivity index (χ0v) is 27.0. The Kier molecular flexibility index (Phi) is 11.5. The van der Waals surface area contributed by atoms with E-state index in [0.29, 0.717) is 11.4 Å². The maximum Gasteiger partial charge on any atom is 0.243 e. The molecule has 1 N–H and O–H groups in total. The van der Waals surface area contributed by atoms with E-state index in [9.17, 15) is 18.0 Å². The van der Waals surface area contributed by atoms with Crippen LogP contribution in [0.4, 0.5) is 5.69 Å². The van der Waals surface area contributed by atoms with Gasteiger partial charge >= 0.3 is 0 Å². The standard InChI is InChI=1S/C33H39Cl2N3O4S/c1-24-14-16-26(17-15-24)23-37(31(21-25-9-4-3-5-10-25)33(40)36-28-11-6-7-12-28)32(39)13-8-20-38(43(2,41)42)30-22-27(34)18-19-29(30)35/h3-5,9-10,14-19,22,28,31H,6-8,11-13,20-21,23H2,1-2H3,(H,36,40)/t31-/m0/s1. The summed E-state index contributed by atoms with van der Waals surface area (Å²) in [5.41, 5.74) is 3.23. The van der Waals surface area contributed by atoms with Gasteiger partial charge in [-0.3, -0.25) is 13.9 Å². The Bertz CT molecular complexity index is 1490. The van der Waals surface area contributed by atoms with Crippen LogP contribution in [0.3, 0.4) is 0 Å². The van der Waals surface area contributed by atoms with Crippen LogP contribution in [0.1, 0.15) is 55.2 Å². The van der Waals surface area contributed by atoms with Crippen molar-refractivity contribution in [3.05, 3.63) is 99.5 Å². The first-order valence-corrected chi connectivity index (χ1v) is 17.2. The molecular formula is C33H39Cl2N3O4S. The molecule has 0 heterocycles. The summed E-state index contributed by atoms with van der Waals surface area (Å²) >= 11 is 12.5. The summed E-state index contributed by atoms with van der Waals surface area (Å²) in [6, 6.07) is 21.6. The van der Waals surface area contributed by atoms with Crippen molar-refractivity contribution in [1.29, 1.82) is 0 Å². The Labute approximate surface area is 265 Å². The minimum absolute atomic E-state index is 0.0284. The van der Waals surface area contributed by atoms with E-state index < -0.39 is 16.1 Å². The van der Waals surface area contributed by atoms with E-state index in [4.69, 9.17) is 23.2 Å². The van der Waals surface area contributed by atoms with Crippen LogP contribution < -0.4 is 9.62 Å². The lowest BCUT2D eigenvalue weighted by molar-refractivity contribution is -0.141. The Hall–Kier alpha value is -3.07. The highest BCUT2D eigenvalue weighted by atomic mass is 35.5. The highest BCUT2D eigenvalue weighted by Crippen LogP contribution is 2.31. The van der Waals surface area contributed by atoms with Gasteiger partial charge in [-0.1, -0.05) is 96.2 Å². The van der Waals surface area contributed by atoms with Crippen molar-refractivity contribution in [2.75, 3.05) is 17.1 Å². The molecule has 0 aromatic heterocycles. The molecule has 43 heavy (non-hydrogen) atoms. The molecule has 3 aromatic rings. The molecule has 230 valence electrons. The van der Waals surface area contributed by atoms with Gasteiger partial charge in [0, 0.05) is 37.0 Å². The van der Waals surface area contributed by atoms with E-state index in [2.05, 4.69) is 5.32 Å². The van der Waals surface area contributed by atoms with E-state index in [0.717, 1.165) is 48.6 Å². The van der Waals surface area contributed by atoms with Crippen molar-refractivity contribution in [2.24, 2.45) is 0 Å². The smallest absolute Gasteiger partial charge is 0.243 e. The van der Waals surface area contributed by atoms with E-state index in [1.807, 2.05) is 61.5 Å². The molecule has 0 radical (unpaired) electrons. The van der Waals surface area contributed by atoms with E-state index in [1.165, 1.54) is 10.4 Å². The first-order chi connectivity index (χ1) is 20.5. The van der Waals surface area contributed by atoms with Crippen LogP contribution in [0.25, 0.3) is 0 Å². The van der Waals surface area contributed by atoms with Gasteiger partial charge in [-0.05, 0) is 55.5 Å². The molecule has 1 aliphatic carbocycles. The number of halogens is 2. The lowest BCUT2D eigenvalue weighted by Gasteiger charge is -2.33. The lowest BCUT2D eigenvalue weighted by atomic mass is 10.0. The molecule has 7 nitrogen and oxygen atoms in total. The van der Waals surface area contributed by atoms with Crippen molar-refractivity contribution in [3.8, 4) is 0 Å². The molecule has 1 fully saturated rings. The second-order valence-corrected chi connectivity index (χ2v) is 14.0. The number of hydrogen-bond donors (Lipinski definition) is 1. The summed E-state index contributed by atoms with van der Waals surface area (Å²) in [5.74, 6) is -0.395. The normalized spacial score (nSPS) is 14.3. The SMILES string of the molecule is Cc1ccc(CN(C(=O)CCCN(c2cc(Cl)ccc2Cl)S(C)(=O)=O)[C@@H](Cc2ccccc2)C(=O)NC2CCCC2)cc1. The van der Waals surface area contributed by atoms with Crippen LogP contribution in [0, 0.1) is 6.92 Å². The fraction of sp³-hybridized carbons (Fsp3) is 0.394. The van der Waals surface area contributed by atoms with Gasteiger partial charge in [-0.15, -0.1) is 0 Å². The van der Waals surface area contributed by atoms with E-state index in [1.54, 1.807) is 17.0 Å². The number of nitrogens with zero attached hydrogens (tertiary/aromatic N) is 2. The number of carbonyl (C=O) groups excluding carboxylic acids is 2. The van der Waals surface area contributed by atoms with Gasteiger partial charge in [0.2, 0.25) is 21.8 Å². The summed E-state index contributed by atoms with van der Waals surface area (Å²) in [6.07, 6.45) is 5.75. The monoisotopic (exact) mass is 643 g/mol. The minimum Gasteiger partial charge on any atom is -0.352 e. The van der Waals surface area contributed by atoms with Crippen LogP contribution in [-0.2, 0) is 32.6 Å². The predicted molar refractivity (Wildman–Crippen MR) is 174 cm³/mol. The summed E-state index contributed by atoms with van der Waals surface area (Å²) in [7, 11) is -3.71. The third kappa shape index (κ3) is 9.46. The van der Waals surface area contributed by atoms with Gasteiger partial charge in [0.05, 0.1) is 17.0 Å². The first-order valence-electron chi connectivity index (χ1n) is 14.6. The first kappa shape index (κ1) is 32.8. The summed E-state index contributed by atoms with van der Waals surface area (Å²) in [6.45, 7) is 2.28. The van der Waals surface area contributed by atoms with Crippen LogP contribution >= 0.6 is 23.2 Å². The average Bonchev–Trinajstić information content (AvgIpc) is 3.48. The van der Waals surface area contributed by atoms with Gasteiger partial charge < -0.3 is 10.2 Å². The second-order valence-electron chi connectivity index (χ2n) is 11.2. The van der Waals surface area contributed by atoms with Gasteiger partial charge in [0.15, 0.2) is 0 Å². The molecule has 0 unspecified atom stereocenters. The summed E-state index contributed by atoms with van der Waals surface area (Å²) < 4.78 is 26.6. The Morgan fingerprint density at radius 2 is 1.63 bits per heavy atom. The maximum absolute atomic E-state index is 14.0. The minimum atomic E-state index is -3.71. The molecule has 0 saturated heterocycles. The number of benzene rings is 3. The number of carbonyl (C=O) groups is 2. The quantitative estimate of drug-likeness (QED) is 0.229. The highest BCUT2D eigenvalue weighted by molar-refractivity contribution is 7.92. The third-order valence-electron chi connectivity index (χ3n) is 7.78. The number of nitrogens with one attached hydrogen (secondary N) is 1. The number of sulfonamides is 1. The molecule has 10 heteroatoms. The fourth-order valence-corrected chi connectivity index (χ4v) is 6.88. The van der Waals surface area contributed by atoms with E-state index >= 15 is 0 Å². The Morgan fingerprint density at radius 3 is 2.28 bits per heavy atom. The van der Waals surface area contributed by atoms with Crippen molar-refractivity contribution < 1.29 is 18.0 Å². The van der Waals surface area contributed by atoms with Crippen molar-refractivity contribution in [3.63, 3.8) is 0 Å². The van der Waals surface area contributed by atoms with Crippen LogP contribution in [0.15, 0.2) is 72.8 Å². The molecule has 2 amide bonds. The van der Waals surface area contributed by atoms with Gasteiger partial charge in [0.1, 0.15) is 6.04 Å². The van der Waals surface area contributed by atoms with Crippen LogP contribution in [-0.4, -0.2) is 50.0 Å². The van der Waals surface area contributed by atoms with Crippen molar-refractivity contribution in [2.45, 2.75) is 70.5 Å². The van der Waals surface area contributed by atoms with Crippen molar-refractivity contribution >= 4 is 50.7 Å².